The molecule has 0 amide bonds. The summed E-state index contributed by atoms with van der Waals surface area (Å²) in [4.78, 5) is 8.47. The molecule has 0 spiro atoms. The summed E-state index contributed by atoms with van der Waals surface area (Å²) >= 11 is 0. The fourth-order valence-corrected chi connectivity index (χ4v) is 1.82. The van der Waals surface area contributed by atoms with Crippen molar-refractivity contribution in [1.82, 2.24) is 15.3 Å². The molecular formula is C15H19N3O. The molecule has 1 N–H and O–H groups in total. The van der Waals surface area contributed by atoms with E-state index in [-0.39, 0.29) is 0 Å². The fourth-order valence-electron chi connectivity index (χ4n) is 1.82. The maximum atomic E-state index is 5.61. The number of hydrogen-bond donors (Lipinski definition) is 1. The Labute approximate surface area is 113 Å². The Bertz CT molecular complexity index is 488. The van der Waals surface area contributed by atoms with Crippen LogP contribution >= 0.6 is 0 Å². The highest BCUT2D eigenvalue weighted by Gasteiger charge is 1.99. The minimum atomic E-state index is 0.598. The lowest BCUT2D eigenvalue weighted by Crippen LogP contribution is -2.09. The maximum absolute atomic E-state index is 5.61. The van der Waals surface area contributed by atoms with E-state index in [1.165, 1.54) is 5.56 Å². The topological polar surface area (TPSA) is 47.0 Å². The first-order valence-electron chi connectivity index (χ1n) is 6.51. The van der Waals surface area contributed by atoms with Crippen LogP contribution in [0.2, 0.25) is 0 Å². The quantitative estimate of drug-likeness (QED) is 0.773. The Hall–Kier alpha value is -1.94. The van der Waals surface area contributed by atoms with Gasteiger partial charge in [0, 0.05) is 12.7 Å². The van der Waals surface area contributed by atoms with Crippen molar-refractivity contribution in [3.8, 4) is 5.88 Å². The molecule has 0 aliphatic heterocycles. The molecule has 0 aliphatic rings. The Morgan fingerprint density at radius 3 is 2.79 bits per heavy atom. The smallest absolute Gasteiger partial charge is 0.232 e. The van der Waals surface area contributed by atoms with Gasteiger partial charge in [-0.15, -0.1) is 0 Å². The lowest BCUT2D eigenvalue weighted by atomic mass is 10.1. The van der Waals surface area contributed by atoms with Gasteiger partial charge in [-0.25, -0.2) is 4.98 Å². The van der Waals surface area contributed by atoms with Crippen LogP contribution in [0.25, 0.3) is 0 Å². The summed E-state index contributed by atoms with van der Waals surface area (Å²) in [5.41, 5.74) is 2.23. The third-order valence-electron chi connectivity index (χ3n) is 2.72. The summed E-state index contributed by atoms with van der Waals surface area (Å²) < 4.78 is 5.61. The van der Waals surface area contributed by atoms with Gasteiger partial charge in [-0.3, -0.25) is 4.98 Å². The third-order valence-corrected chi connectivity index (χ3v) is 2.72. The average molecular weight is 257 g/mol. The Morgan fingerprint density at radius 1 is 1.16 bits per heavy atom. The van der Waals surface area contributed by atoms with E-state index in [2.05, 4.69) is 39.6 Å². The highest BCUT2D eigenvalue weighted by Crippen LogP contribution is 2.07. The molecule has 0 atom stereocenters. The lowest BCUT2D eigenvalue weighted by Gasteiger charge is -2.06. The SMILES string of the molecule is CNCc1cncc(OCCCc2ccccc2)n1. The summed E-state index contributed by atoms with van der Waals surface area (Å²) in [6, 6.07) is 10.4. The van der Waals surface area contributed by atoms with E-state index in [1.807, 2.05) is 13.1 Å². The molecule has 2 rings (SSSR count). The highest BCUT2D eigenvalue weighted by atomic mass is 16.5. The second kappa shape index (κ2) is 7.48. The van der Waals surface area contributed by atoms with Gasteiger partial charge in [0.15, 0.2) is 0 Å². The Kier molecular flexibility index (Phi) is 5.31. The second-order valence-electron chi connectivity index (χ2n) is 4.32. The van der Waals surface area contributed by atoms with Crippen LogP contribution in [-0.2, 0) is 13.0 Å². The van der Waals surface area contributed by atoms with Gasteiger partial charge in [0.05, 0.1) is 18.5 Å². The highest BCUT2D eigenvalue weighted by molar-refractivity contribution is 5.14. The fraction of sp³-hybridized carbons (Fsp3) is 0.333. The van der Waals surface area contributed by atoms with Crippen LogP contribution in [0.4, 0.5) is 0 Å². The summed E-state index contributed by atoms with van der Waals surface area (Å²) in [5, 5.41) is 3.04. The average Bonchev–Trinajstić information content (AvgIpc) is 2.46. The van der Waals surface area contributed by atoms with E-state index >= 15 is 0 Å². The monoisotopic (exact) mass is 257 g/mol. The molecule has 4 nitrogen and oxygen atoms in total. The summed E-state index contributed by atoms with van der Waals surface area (Å²) in [6.45, 7) is 1.36. The van der Waals surface area contributed by atoms with Gasteiger partial charge in [0.25, 0.3) is 0 Å². The molecule has 0 fully saturated rings. The van der Waals surface area contributed by atoms with Crippen molar-refractivity contribution in [2.45, 2.75) is 19.4 Å². The first kappa shape index (κ1) is 13.5. The molecule has 19 heavy (non-hydrogen) atoms. The van der Waals surface area contributed by atoms with Gasteiger partial charge < -0.3 is 10.1 Å². The van der Waals surface area contributed by atoms with Crippen molar-refractivity contribution in [3.05, 3.63) is 54.0 Å². The summed E-state index contributed by atoms with van der Waals surface area (Å²) in [6.07, 6.45) is 5.39. The molecule has 0 radical (unpaired) electrons. The number of benzene rings is 1. The van der Waals surface area contributed by atoms with Crippen molar-refractivity contribution in [2.75, 3.05) is 13.7 Å². The summed E-state index contributed by atoms with van der Waals surface area (Å²) in [5.74, 6) is 0.598. The number of nitrogens with one attached hydrogen (secondary N) is 1. The van der Waals surface area contributed by atoms with Crippen molar-refractivity contribution in [1.29, 1.82) is 0 Å². The molecule has 0 aliphatic carbocycles. The molecule has 0 bridgehead atoms. The van der Waals surface area contributed by atoms with Crippen LogP contribution in [0.15, 0.2) is 42.7 Å². The van der Waals surface area contributed by atoms with Gasteiger partial charge in [0.1, 0.15) is 0 Å². The van der Waals surface area contributed by atoms with E-state index in [4.69, 9.17) is 4.74 Å². The second-order valence-corrected chi connectivity index (χ2v) is 4.32. The zero-order valence-corrected chi connectivity index (χ0v) is 11.2. The number of rotatable bonds is 7. The Morgan fingerprint density at radius 2 is 2.00 bits per heavy atom. The third kappa shape index (κ3) is 4.67. The molecule has 0 unspecified atom stereocenters. The molecule has 1 aromatic carbocycles. The van der Waals surface area contributed by atoms with Gasteiger partial charge >= 0.3 is 0 Å². The van der Waals surface area contributed by atoms with Crippen LogP contribution in [-0.4, -0.2) is 23.6 Å². The van der Waals surface area contributed by atoms with Crippen molar-refractivity contribution >= 4 is 0 Å². The van der Waals surface area contributed by atoms with E-state index in [0.717, 1.165) is 18.5 Å². The number of nitrogens with zero attached hydrogens (tertiary/aromatic N) is 2. The number of ether oxygens (including phenoxy) is 1. The number of aryl methyl sites for hydroxylation is 1. The summed E-state index contributed by atoms with van der Waals surface area (Å²) in [7, 11) is 1.88. The van der Waals surface area contributed by atoms with Crippen LogP contribution < -0.4 is 10.1 Å². The van der Waals surface area contributed by atoms with E-state index in [0.29, 0.717) is 19.0 Å². The minimum Gasteiger partial charge on any atom is -0.477 e. The van der Waals surface area contributed by atoms with Crippen LogP contribution in [0.1, 0.15) is 17.7 Å². The van der Waals surface area contributed by atoms with E-state index < -0.39 is 0 Å². The first-order chi connectivity index (χ1) is 9.38. The van der Waals surface area contributed by atoms with Gasteiger partial charge in [-0.05, 0) is 25.5 Å². The van der Waals surface area contributed by atoms with Crippen molar-refractivity contribution in [2.24, 2.45) is 0 Å². The van der Waals surface area contributed by atoms with Crippen molar-refractivity contribution < 1.29 is 4.74 Å². The van der Waals surface area contributed by atoms with Crippen LogP contribution in [0, 0.1) is 0 Å². The maximum Gasteiger partial charge on any atom is 0.232 e. The molecule has 0 saturated heterocycles. The largest absolute Gasteiger partial charge is 0.477 e. The molecule has 0 saturated carbocycles. The standard InChI is InChI=1S/C15H19N3O/c1-16-10-14-11-17-12-15(18-14)19-9-5-8-13-6-3-2-4-7-13/h2-4,6-7,11-12,16H,5,8-10H2,1H3. The molecule has 100 valence electrons. The Balaban J connectivity index is 1.75. The first-order valence-corrected chi connectivity index (χ1v) is 6.51. The van der Waals surface area contributed by atoms with Crippen molar-refractivity contribution in [3.63, 3.8) is 0 Å². The molecule has 4 heteroatoms. The minimum absolute atomic E-state index is 0.598. The molecular weight excluding hydrogens is 238 g/mol. The zero-order chi connectivity index (χ0) is 13.3. The van der Waals surface area contributed by atoms with Gasteiger partial charge in [0.2, 0.25) is 5.88 Å². The predicted octanol–water partition coefficient (Wildman–Crippen LogP) is 2.21. The predicted molar refractivity (Wildman–Crippen MR) is 75.1 cm³/mol. The van der Waals surface area contributed by atoms with E-state index in [1.54, 1.807) is 12.4 Å². The van der Waals surface area contributed by atoms with E-state index in [9.17, 15) is 0 Å². The molecule has 2 aromatic rings. The zero-order valence-electron chi connectivity index (χ0n) is 11.2. The van der Waals surface area contributed by atoms with Crippen LogP contribution in [0.3, 0.4) is 0 Å². The van der Waals surface area contributed by atoms with Crippen LogP contribution in [0.5, 0.6) is 5.88 Å². The molecule has 1 heterocycles. The lowest BCUT2D eigenvalue weighted by molar-refractivity contribution is 0.297. The normalized spacial score (nSPS) is 10.4. The molecule has 1 aromatic heterocycles. The number of hydrogen-bond acceptors (Lipinski definition) is 4. The van der Waals surface area contributed by atoms with Gasteiger partial charge in [-0.2, -0.15) is 0 Å². The van der Waals surface area contributed by atoms with Gasteiger partial charge in [-0.1, -0.05) is 30.3 Å². The number of aromatic nitrogens is 2.